The van der Waals surface area contributed by atoms with E-state index in [0.29, 0.717) is 10.7 Å². The van der Waals surface area contributed by atoms with Crippen molar-refractivity contribution in [3.8, 4) is 0 Å². The van der Waals surface area contributed by atoms with Gasteiger partial charge in [-0.1, -0.05) is 11.6 Å². The summed E-state index contributed by atoms with van der Waals surface area (Å²) in [6.45, 7) is 0. The normalized spacial score (nSPS) is 10.9. The Hall–Kier alpha value is -2.41. The number of hydrogen-bond donors (Lipinski definition) is 3. The number of benzene rings is 1. The molecule has 0 bridgehead atoms. The smallest absolute Gasteiger partial charge is 0.282 e. The van der Waals surface area contributed by atoms with E-state index >= 15 is 0 Å². The number of halogens is 1. The van der Waals surface area contributed by atoms with Gasteiger partial charge >= 0.3 is 0 Å². The summed E-state index contributed by atoms with van der Waals surface area (Å²) >= 11 is 5.73. The van der Waals surface area contributed by atoms with Crippen LogP contribution in [0.15, 0.2) is 39.3 Å². The van der Waals surface area contributed by atoms with Crippen LogP contribution in [0.2, 0.25) is 5.02 Å². The second-order valence-corrected chi connectivity index (χ2v) is 3.80. The van der Waals surface area contributed by atoms with Crippen LogP contribution in [0.5, 0.6) is 0 Å². The number of H-pyrrole nitrogens is 1. The molecule has 0 aliphatic heterocycles. The molecule has 2 rings (SSSR count). The van der Waals surface area contributed by atoms with Crippen molar-refractivity contribution in [2.24, 2.45) is 10.2 Å². The highest BCUT2D eigenvalue weighted by Gasteiger charge is 2.06. The molecule has 0 saturated carbocycles. The van der Waals surface area contributed by atoms with Gasteiger partial charge in [0.05, 0.1) is 5.69 Å². The van der Waals surface area contributed by atoms with E-state index in [9.17, 15) is 4.79 Å². The second kappa shape index (κ2) is 4.84. The summed E-state index contributed by atoms with van der Waals surface area (Å²) in [5.74, 6) is -0.142. The first kappa shape index (κ1) is 12.1. The molecule has 0 atom stereocenters. The lowest BCUT2D eigenvalue weighted by molar-refractivity contribution is 1.10. The van der Waals surface area contributed by atoms with Crippen LogP contribution >= 0.6 is 11.6 Å². The monoisotopic (exact) mass is 264 g/mol. The first-order valence-electron chi connectivity index (χ1n) is 4.89. The zero-order valence-electron chi connectivity index (χ0n) is 9.09. The number of aromatic nitrogens is 2. The van der Waals surface area contributed by atoms with Crippen molar-refractivity contribution in [2.75, 3.05) is 11.5 Å². The number of rotatable bonds is 2. The fraction of sp³-hybridized carbons (Fsp3) is 0. The highest BCUT2D eigenvalue weighted by Crippen LogP contribution is 2.20. The van der Waals surface area contributed by atoms with E-state index in [4.69, 9.17) is 23.1 Å². The van der Waals surface area contributed by atoms with Crippen molar-refractivity contribution in [1.82, 2.24) is 9.97 Å². The molecule has 0 unspecified atom stereocenters. The van der Waals surface area contributed by atoms with Gasteiger partial charge in [-0.15, -0.1) is 5.11 Å². The number of nitrogens with two attached hydrogens (primary N) is 2. The molecule has 92 valence electrons. The number of nitrogens with zero attached hydrogens (tertiary/aromatic N) is 3. The summed E-state index contributed by atoms with van der Waals surface area (Å²) in [6, 6.07) is 6.62. The largest absolute Gasteiger partial charge is 0.382 e. The van der Waals surface area contributed by atoms with Gasteiger partial charge in [-0.25, -0.2) is 0 Å². The molecule has 1 aromatic heterocycles. The van der Waals surface area contributed by atoms with Crippen LogP contribution in [0, 0.1) is 0 Å². The van der Waals surface area contributed by atoms with E-state index < -0.39 is 5.56 Å². The Bertz CT molecular complexity index is 648. The van der Waals surface area contributed by atoms with Crippen molar-refractivity contribution in [3.05, 3.63) is 39.6 Å². The standard InChI is InChI=1S/C10H9ClN6O/c11-5-1-3-6(4-2-5)16-17-7-8(12)14-10(13)15-9(7)18/h1-4H,(H5,12,13,14,15,18). The molecule has 8 heteroatoms. The minimum absolute atomic E-state index is 0.0667. The minimum Gasteiger partial charge on any atom is -0.382 e. The molecule has 1 aromatic carbocycles. The van der Waals surface area contributed by atoms with Crippen LogP contribution in [0.3, 0.4) is 0 Å². The Morgan fingerprint density at radius 3 is 2.44 bits per heavy atom. The Balaban J connectivity index is 2.35. The molecule has 0 aliphatic carbocycles. The molecule has 5 N–H and O–H groups in total. The third-order valence-electron chi connectivity index (χ3n) is 2.03. The molecular formula is C10H9ClN6O. The third kappa shape index (κ3) is 2.64. The second-order valence-electron chi connectivity index (χ2n) is 3.36. The Kier molecular flexibility index (Phi) is 3.24. The van der Waals surface area contributed by atoms with Gasteiger partial charge in [0.1, 0.15) is 0 Å². The van der Waals surface area contributed by atoms with E-state index in [1.807, 2.05) is 0 Å². The zero-order valence-corrected chi connectivity index (χ0v) is 9.85. The molecule has 0 radical (unpaired) electrons. The van der Waals surface area contributed by atoms with Gasteiger partial charge in [0.15, 0.2) is 11.5 Å². The van der Waals surface area contributed by atoms with Gasteiger partial charge in [-0.05, 0) is 24.3 Å². The van der Waals surface area contributed by atoms with Crippen molar-refractivity contribution in [1.29, 1.82) is 0 Å². The van der Waals surface area contributed by atoms with E-state index in [2.05, 4.69) is 20.2 Å². The summed E-state index contributed by atoms with van der Waals surface area (Å²) in [7, 11) is 0. The summed E-state index contributed by atoms with van der Waals surface area (Å²) < 4.78 is 0. The predicted molar refractivity (Wildman–Crippen MR) is 69.3 cm³/mol. The van der Waals surface area contributed by atoms with Gasteiger partial charge in [-0.3, -0.25) is 9.78 Å². The first-order valence-corrected chi connectivity index (χ1v) is 5.26. The van der Waals surface area contributed by atoms with Crippen molar-refractivity contribution < 1.29 is 0 Å². The first-order chi connectivity index (χ1) is 8.56. The molecule has 0 fully saturated rings. The number of anilines is 2. The minimum atomic E-state index is -0.544. The lowest BCUT2D eigenvalue weighted by Gasteiger charge is -1.98. The van der Waals surface area contributed by atoms with Crippen LogP contribution in [-0.4, -0.2) is 9.97 Å². The fourth-order valence-corrected chi connectivity index (χ4v) is 1.34. The summed E-state index contributed by atoms with van der Waals surface area (Å²) in [4.78, 5) is 17.5. The summed E-state index contributed by atoms with van der Waals surface area (Å²) in [5, 5.41) is 8.18. The van der Waals surface area contributed by atoms with Crippen LogP contribution in [0.1, 0.15) is 0 Å². The van der Waals surface area contributed by atoms with E-state index in [0.717, 1.165) is 0 Å². The van der Waals surface area contributed by atoms with Crippen molar-refractivity contribution >= 4 is 34.7 Å². The van der Waals surface area contributed by atoms with Crippen LogP contribution in [-0.2, 0) is 0 Å². The maximum absolute atomic E-state index is 11.5. The van der Waals surface area contributed by atoms with Gasteiger partial charge in [0, 0.05) is 5.02 Å². The van der Waals surface area contributed by atoms with Crippen LogP contribution < -0.4 is 17.0 Å². The molecule has 2 aromatic rings. The Labute approximate surface area is 107 Å². The Morgan fingerprint density at radius 2 is 1.83 bits per heavy atom. The molecular weight excluding hydrogens is 256 g/mol. The maximum atomic E-state index is 11.5. The average Bonchev–Trinajstić information content (AvgIpc) is 2.30. The fourth-order valence-electron chi connectivity index (χ4n) is 1.21. The lowest BCUT2D eigenvalue weighted by atomic mass is 10.3. The average molecular weight is 265 g/mol. The quantitative estimate of drug-likeness (QED) is 0.718. The van der Waals surface area contributed by atoms with Crippen molar-refractivity contribution in [2.45, 2.75) is 0 Å². The molecule has 0 amide bonds. The SMILES string of the molecule is Nc1nc(N)c(N=Nc2ccc(Cl)cc2)c(=O)[nH]1. The highest BCUT2D eigenvalue weighted by molar-refractivity contribution is 6.30. The lowest BCUT2D eigenvalue weighted by Crippen LogP contribution is -2.12. The van der Waals surface area contributed by atoms with Gasteiger partial charge < -0.3 is 11.5 Å². The summed E-state index contributed by atoms with van der Waals surface area (Å²) in [6.07, 6.45) is 0. The van der Waals surface area contributed by atoms with E-state index in [1.165, 1.54) is 0 Å². The van der Waals surface area contributed by atoms with Crippen LogP contribution in [0.4, 0.5) is 23.1 Å². The van der Waals surface area contributed by atoms with E-state index in [1.54, 1.807) is 24.3 Å². The number of nitrogens with one attached hydrogen (secondary N) is 1. The van der Waals surface area contributed by atoms with Gasteiger partial charge in [0.2, 0.25) is 5.95 Å². The van der Waals surface area contributed by atoms with Gasteiger partial charge in [-0.2, -0.15) is 10.1 Å². The number of hydrogen-bond acceptors (Lipinski definition) is 6. The molecule has 0 saturated heterocycles. The van der Waals surface area contributed by atoms with Crippen molar-refractivity contribution in [3.63, 3.8) is 0 Å². The van der Waals surface area contributed by atoms with E-state index in [-0.39, 0.29) is 17.5 Å². The molecule has 1 heterocycles. The maximum Gasteiger partial charge on any atom is 0.282 e. The topological polar surface area (TPSA) is 123 Å². The molecule has 0 aliphatic rings. The Morgan fingerprint density at radius 1 is 1.17 bits per heavy atom. The predicted octanol–water partition coefficient (Wildman–Crippen LogP) is 2.00. The molecule has 7 nitrogen and oxygen atoms in total. The number of aromatic amines is 1. The number of nitrogen functional groups attached to an aromatic ring is 2. The molecule has 18 heavy (non-hydrogen) atoms. The number of azo groups is 1. The van der Waals surface area contributed by atoms with Crippen LogP contribution in [0.25, 0.3) is 0 Å². The molecule has 0 spiro atoms. The summed E-state index contributed by atoms with van der Waals surface area (Å²) in [5.41, 5.74) is 10.8. The van der Waals surface area contributed by atoms with Gasteiger partial charge in [0.25, 0.3) is 5.56 Å². The zero-order chi connectivity index (χ0) is 13.1. The highest BCUT2D eigenvalue weighted by atomic mass is 35.5. The third-order valence-corrected chi connectivity index (χ3v) is 2.28.